The summed E-state index contributed by atoms with van der Waals surface area (Å²) in [7, 11) is 0. The Morgan fingerprint density at radius 3 is 2.46 bits per heavy atom. The predicted molar refractivity (Wildman–Crippen MR) is 113 cm³/mol. The maximum Gasteiger partial charge on any atom is 0.244 e. The van der Waals surface area contributed by atoms with Crippen LogP contribution in [0.4, 0.5) is 0 Å². The lowest BCUT2D eigenvalue weighted by Crippen LogP contribution is -2.47. The Labute approximate surface area is 169 Å². The average molecular weight is 407 g/mol. The van der Waals surface area contributed by atoms with Gasteiger partial charge >= 0.3 is 0 Å². The lowest BCUT2D eigenvalue weighted by molar-refractivity contribution is -0.691. The number of carbonyl (C=O) groups is 1. The summed E-state index contributed by atoms with van der Waals surface area (Å²) in [6.45, 7) is 8.42. The van der Waals surface area contributed by atoms with Crippen LogP contribution in [0.1, 0.15) is 53.9 Å². The summed E-state index contributed by atoms with van der Waals surface area (Å²) in [5.74, 6) is 0.423. The Morgan fingerprint density at radius 2 is 1.96 bits per heavy atom. The summed E-state index contributed by atoms with van der Waals surface area (Å²) in [6.07, 6.45) is 7.67. The third-order valence-electron chi connectivity index (χ3n) is 4.31. The lowest BCUT2D eigenvalue weighted by Gasteiger charge is -2.18. The first-order valence-electron chi connectivity index (χ1n) is 8.64. The number of rotatable bonds is 9. The molecule has 0 radical (unpaired) electrons. The van der Waals surface area contributed by atoms with Crippen molar-refractivity contribution in [2.75, 3.05) is 6.54 Å². The van der Waals surface area contributed by atoms with E-state index < -0.39 is 6.04 Å². The van der Waals surface area contributed by atoms with E-state index >= 15 is 0 Å². The van der Waals surface area contributed by atoms with Crippen molar-refractivity contribution >= 4 is 46.4 Å². The van der Waals surface area contributed by atoms with Gasteiger partial charge in [-0.3, -0.25) is 4.79 Å². The summed E-state index contributed by atoms with van der Waals surface area (Å²) in [4.78, 5) is 17.9. The largest absolute Gasteiger partial charge is 0.758 e. The van der Waals surface area contributed by atoms with Crippen molar-refractivity contribution in [3.63, 3.8) is 0 Å². The molecule has 0 saturated heterocycles. The minimum atomic E-state index is -0.657. The number of ketones is 1. The molecule has 0 aliphatic heterocycles. The molecule has 0 aliphatic carbocycles. The fourth-order valence-electron chi connectivity index (χ4n) is 2.85. The first-order chi connectivity index (χ1) is 12.5. The molecule has 0 N–H and O–H groups in total. The van der Waals surface area contributed by atoms with Gasteiger partial charge in [0.15, 0.2) is 12.4 Å². The van der Waals surface area contributed by atoms with Crippen molar-refractivity contribution < 1.29 is 9.36 Å². The van der Waals surface area contributed by atoms with E-state index in [0.29, 0.717) is 26.7 Å². The number of thiophene rings is 1. The first-order valence-corrected chi connectivity index (χ1v) is 10.2. The van der Waals surface area contributed by atoms with Gasteiger partial charge in [0.1, 0.15) is 0 Å². The van der Waals surface area contributed by atoms with Crippen LogP contribution in [0.25, 0.3) is 0 Å². The highest BCUT2D eigenvalue weighted by Gasteiger charge is 2.29. The van der Waals surface area contributed by atoms with E-state index in [1.807, 2.05) is 17.0 Å². The maximum atomic E-state index is 13.1. The molecule has 0 aromatic carbocycles. The van der Waals surface area contributed by atoms with E-state index in [2.05, 4.69) is 37.6 Å². The Bertz CT molecular complexity index is 779. The number of hydrogen-bond donors (Lipinski definition) is 0. The molecule has 0 aliphatic rings. The molecule has 138 valence electrons. The second-order valence-corrected chi connectivity index (χ2v) is 8.06. The quantitative estimate of drug-likeness (QED) is 0.144. The van der Waals surface area contributed by atoms with Crippen LogP contribution in [-0.4, -0.2) is 17.4 Å². The third-order valence-corrected chi connectivity index (χ3v) is 5.91. The number of hydrogen-bond acceptors (Lipinski definition) is 4. The molecule has 2 aromatic rings. The van der Waals surface area contributed by atoms with Crippen LogP contribution in [0, 0.1) is 0 Å². The molecule has 0 unspecified atom stereocenters. The normalized spacial score (nSPS) is 13.0. The molecule has 0 amide bonds. The average Bonchev–Trinajstić information content (AvgIpc) is 3.09. The molecular formula is C20H23ClN2OS2. The smallest absolute Gasteiger partial charge is 0.244 e. The van der Waals surface area contributed by atoms with Gasteiger partial charge < -0.3 is 17.6 Å². The molecule has 0 bridgehead atoms. The summed E-state index contributed by atoms with van der Waals surface area (Å²) >= 11 is 12.7. The number of aromatic nitrogens is 1. The highest BCUT2D eigenvalue weighted by atomic mass is 35.5. The number of carbonyl (C=O) groups excluding carboxylic acids is 1. The van der Waals surface area contributed by atoms with Gasteiger partial charge in [-0.2, -0.15) is 4.57 Å². The van der Waals surface area contributed by atoms with Gasteiger partial charge in [-0.1, -0.05) is 31.5 Å². The minimum Gasteiger partial charge on any atom is -0.758 e. The zero-order valence-electron chi connectivity index (χ0n) is 15.0. The van der Waals surface area contributed by atoms with Gasteiger partial charge in [0.05, 0.1) is 15.8 Å². The lowest BCUT2D eigenvalue weighted by atomic mass is 9.95. The summed E-state index contributed by atoms with van der Waals surface area (Å²) < 4.78 is 2.41. The highest BCUT2D eigenvalue weighted by Crippen LogP contribution is 2.25. The zero-order valence-corrected chi connectivity index (χ0v) is 17.4. The van der Waals surface area contributed by atoms with Crippen LogP contribution in [0.15, 0.2) is 54.3 Å². The van der Waals surface area contributed by atoms with E-state index in [4.69, 9.17) is 24.2 Å². The van der Waals surface area contributed by atoms with Gasteiger partial charge in [-0.05, 0) is 41.5 Å². The van der Waals surface area contributed by atoms with E-state index in [1.54, 1.807) is 18.2 Å². The summed E-state index contributed by atoms with van der Waals surface area (Å²) in [5, 5.41) is 0.347. The number of halogens is 1. The van der Waals surface area contributed by atoms with Crippen LogP contribution in [-0.2, 0) is 12.6 Å². The number of pyridine rings is 1. The van der Waals surface area contributed by atoms with Crippen LogP contribution < -0.4 is 4.57 Å². The molecule has 0 saturated carbocycles. The molecule has 2 heterocycles. The van der Waals surface area contributed by atoms with Gasteiger partial charge in [-0.25, -0.2) is 0 Å². The van der Waals surface area contributed by atoms with Gasteiger partial charge in [0.2, 0.25) is 11.8 Å². The van der Waals surface area contributed by atoms with Crippen LogP contribution >= 0.6 is 22.9 Å². The predicted octanol–water partition coefficient (Wildman–Crippen LogP) is 5.15. The molecule has 6 heteroatoms. The van der Waals surface area contributed by atoms with Gasteiger partial charge in [-0.15, -0.1) is 17.9 Å². The number of aliphatic imine (C=N–C) groups is 1. The third kappa shape index (κ3) is 5.00. The molecule has 1 atom stereocenters. The van der Waals surface area contributed by atoms with Crippen LogP contribution in [0.2, 0.25) is 4.34 Å². The molecule has 2 aromatic heterocycles. The van der Waals surface area contributed by atoms with Crippen molar-refractivity contribution in [2.24, 2.45) is 4.99 Å². The molecule has 2 rings (SSSR count). The number of nitrogens with zero attached hydrogens (tertiary/aromatic N) is 2. The topological polar surface area (TPSA) is 33.3 Å². The van der Waals surface area contributed by atoms with Crippen molar-refractivity contribution in [2.45, 2.75) is 38.6 Å². The number of Topliss-reactive ketones (excluding diaryl/α,β-unsaturated/α-hetero) is 1. The Hall–Kier alpha value is -1.56. The highest BCUT2D eigenvalue weighted by molar-refractivity contribution is 7.77. The van der Waals surface area contributed by atoms with Crippen LogP contribution in [0.3, 0.4) is 0 Å². The molecule has 0 spiro atoms. The summed E-state index contributed by atoms with van der Waals surface area (Å²) in [6, 6.07) is 6.93. The fraction of sp³-hybridized carbons (Fsp3) is 0.350. The molecule has 3 nitrogen and oxygen atoms in total. The standard InChI is InChI=1S/C20H23ClN2OS2/c1-4-11-22-20(25)18(19(24)16-7-8-17(21)26-16)23-12-9-15(10-13-23)14(5-2)6-3/h4,7-10,12-14,18H,1,5-6,11H2,2-3H3/t18-/m1/s1. The zero-order chi connectivity index (χ0) is 19.1. The monoisotopic (exact) mass is 406 g/mol. The van der Waals surface area contributed by atoms with Gasteiger partial charge in [0, 0.05) is 12.1 Å². The fourth-order valence-corrected chi connectivity index (χ4v) is 4.16. The van der Waals surface area contributed by atoms with Crippen LogP contribution in [0.5, 0.6) is 0 Å². The second kappa shape index (κ2) is 9.95. The molecular weight excluding hydrogens is 384 g/mol. The molecule has 0 fully saturated rings. The first kappa shape index (κ1) is 20.7. The van der Waals surface area contributed by atoms with E-state index in [9.17, 15) is 4.79 Å². The Balaban J connectivity index is 2.40. The van der Waals surface area contributed by atoms with E-state index in [1.165, 1.54) is 16.9 Å². The SMILES string of the molecule is C=CCN=C([S-])[C@@H](C(=O)c1ccc(Cl)s1)[n+]1ccc(C(CC)CC)cc1. The van der Waals surface area contributed by atoms with Crippen molar-refractivity contribution in [3.05, 3.63) is 64.1 Å². The van der Waals surface area contributed by atoms with E-state index in [0.717, 1.165) is 12.8 Å². The van der Waals surface area contributed by atoms with Crippen molar-refractivity contribution in [3.8, 4) is 0 Å². The Kier molecular flexibility index (Phi) is 7.94. The maximum absolute atomic E-state index is 13.1. The minimum absolute atomic E-state index is 0.0972. The van der Waals surface area contributed by atoms with Crippen molar-refractivity contribution in [1.29, 1.82) is 0 Å². The van der Waals surface area contributed by atoms with Crippen molar-refractivity contribution in [1.82, 2.24) is 0 Å². The second-order valence-electron chi connectivity index (χ2n) is 5.93. The Morgan fingerprint density at radius 1 is 1.31 bits per heavy atom. The van der Waals surface area contributed by atoms with E-state index in [-0.39, 0.29) is 5.78 Å². The van der Waals surface area contributed by atoms with Gasteiger partial charge in [0.25, 0.3) is 0 Å². The molecule has 26 heavy (non-hydrogen) atoms. The summed E-state index contributed by atoms with van der Waals surface area (Å²) in [5.41, 5.74) is 1.27.